The maximum atomic E-state index is 12.0. The molecule has 0 atom stereocenters. The number of aromatic amines is 1. The van der Waals surface area contributed by atoms with Gasteiger partial charge in [-0.25, -0.2) is 4.98 Å². The van der Waals surface area contributed by atoms with Crippen molar-refractivity contribution < 1.29 is 14.5 Å². The van der Waals surface area contributed by atoms with Crippen LogP contribution in [0.25, 0.3) is 22.4 Å². The molecule has 0 unspecified atom stereocenters. The van der Waals surface area contributed by atoms with Gasteiger partial charge >= 0.3 is 0 Å². The molecule has 0 aliphatic rings. The summed E-state index contributed by atoms with van der Waals surface area (Å²) in [5.74, 6) is 0.947. The van der Waals surface area contributed by atoms with E-state index >= 15 is 0 Å². The van der Waals surface area contributed by atoms with Crippen molar-refractivity contribution in [2.75, 3.05) is 11.9 Å². The first-order valence-corrected chi connectivity index (χ1v) is 9.22. The molecular formula is C22H18N4O4. The zero-order valence-corrected chi connectivity index (χ0v) is 16.1. The number of carbonyl (C=O) groups excluding carboxylic acids is 1. The van der Waals surface area contributed by atoms with E-state index in [-0.39, 0.29) is 18.2 Å². The predicted molar refractivity (Wildman–Crippen MR) is 113 cm³/mol. The molecule has 1 heterocycles. The number of nitro benzene ring substituents is 1. The number of carbonyl (C=O) groups is 1. The number of anilines is 1. The highest BCUT2D eigenvalue weighted by molar-refractivity contribution is 5.92. The van der Waals surface area contributed by atoms with Crippen LogP contribution in [0.5, 0.6) is 5.75 Å². The van der Waals surface area contributed by atoms with Crippen molar-refractivity contribution in [3.05, 3.63) is 82.4 Å². The van der Waals surface area contributed by atoms with Gasteiger partial charge in [0, 0.05) is 23.4 Å². The summed E-state index contributed by atoms with van der Waals surface area (Å²) in [6, 6.07) is 18.9. The van der Waals surface area contributed by atoms with Crippen molar-refractivity contribution in [2.24, 2.45) is 0 Å². The van der Waals surface area contributed by atoms with Crippen molar-refractivity contribution in [1.82, 2.24) is 9.97 Å². The normalized spacial score (nSPS) is 10.7. The fraction of sp³-hybridized carbons (Fsp3) is 0.0909. The number of benzene rings is 3. The van der Waals surface area contributed by atoms with Crippen LogP contribution in [0.4, 0.5) is 11.4 Å². The minimum atomic E-state index is -0.495. The molecule has 0 saturated carbocycles. The van der Waals surface area contributed by atoms with Gasteiger partial charge in [0.05, 0.1) is 16.0 Å². The molecule has 0 bridgehead atoms. The molecule has 0 saturated heterocycles. The van der Waals surface area contributed by atoms with Crippen LogP contribution in [0.2, 0.25) is 0 Å². The summed E-state index contributed by atoms with van der Waals surface area (Å²) in [5, 5.41) is 13.3. The van der Waals surface area contributed by atoms with Gasteiger partial charge in [-0.05, 0) is 61.0 Å². The van der Waals surface area contributed by atoms with E-state index in [1.807, 2.05) is 37.3 Å². The van der Waals surface area contributed by atoms with Gasteiger partial charge < -0.3 is 15.0 Å². The molecule has 8 nitrogen and oxygen atoms in total. The van der Waals surface area contributed by atoms with Gasteiger partial charge in [-0.2, -0.15) is 0 Å². The number of hydrogen-bond acceptors (Lipinski definition) is 5. The summed E-state index contributed by atoms with van der Waals surface area (Å²) in [6.07, 6.45) is 0. The van der Waals surface area contributed by atoms with Crippen LogP contribution in [-0.2, 0) is 4.79 Å². The standard InChI is InChI=1S/C22H18N4O4/c1-14-2-11-19-20(12-14)25-22(24-19)15-3-9-18(10-4-15)30-13-21(27)23-16-5-7-17(8-6-16)26(28)29/h2-12H,13H2,1H3,(H,23,27)(H,24,25). The van der Waals surface area contributed by atoms with E-state index in [4.69, 9.17) is 4.74 Å². The quantitative estimate of drug-likeness (QED) is 0.365. The molecule has 0 aliphatic heterocycles. The van der Waals surface area contributed by atoms with Crippen molar-refractivity contribution >= 4 is 28.3 Å². The van der Waals surface area contributed by atoms with E-state index in [0.717, 1.165) is 28.0 Å². The van der Waals surface area contributed by atoms with Gasteiger partial charge in [0.2, 0.25) is 0 Å². The van der Waals surface area contributed by atoms with Gasteiger partial charge in [-0.15, -0.1) is 0 Å². The first-order chi connectivity index (χ1) is 14.5. The molecule has 4 aromatic rings. The molecule has 1 amide bonds. The first-order valence-electron chi connectivity index (χ1n) is 9.22. The highest BCUT2D eigenvalue weighted by atomic mass is 16.6. The smallest absolute Gasteiger partial charge is 0.269 e. The molecule has 2 N–H and O–H groups in total. The summed E-state index contributed by atoms with van der Waals surface area (Å²) < 4.78 is 5.52. The Morgan fingerprint density at radius 3 is 2.53 bits per heavy atom. The third kappa shape index (κ3) is 4.27. The van der Waals surface area contributed by atoms with Crippen LogP contribution in [0.15, 0.2) is 66.7 Å². The maximum absolute atomic E-state index is 12.0. The van der Waals surface area contributed by atoms with Gasteiger partial charge in [0.15, 0.2) is 6.61 Å². The summed E-state index contributed by atoms with van der Waals surface area (Å²) in [7, 11) is 0. The third-order valence-electron chi connectivity index (χ3n) is 4.50. The molecule has 0 aliphatic carbocycles. The minimum absolute atomic E-state index is 0.0380. The zero-order valence-electron chi connectivity index (χ0n) is 16.1. The number of nitrogens with zero attached hydrogens (tertiary/aromatic N) is 2. The number of ether oxygens (including phenoxy) is 1. The van der Waals surface area contributed by atoms with E-state index in [1.54, 1.807) is 12.1 Å². The average Bonchev–Trinajstić information content (AvgIpc) is 3.16. The van der Waals surface area contributed by atoms with E-state index in [2.05, 4.69) is 15.3 Å². The van der Waals surface area contributed by atoms with Crippen LogP contribution in [0.1, 0.15) is 5.56 Å². The van der Waals surface area contributed by atoms with Crippen LogP contribution < -0.4 is 10.1 Å². The van der Waals surface area contributed by atoms with Gasteiger partial charge in [-0.3, -0.25) is 14.9 Å². The average molecular weight is 402 g/mol. The second-order valence-corrected chi connectivity index (χ2v) is 6.77. The number of hydrogen-bond donors (Lipinski definition) is 2. The summed E-state index contributed by atoms with van der Waals surface area (Å²) in [4.78, 5) is 30.1. The number of rotatable bonds is 6. The lowest BCUT2D eigenvalue weighted by atomic mass is 10.2. The Morgan fingerprint density at radius 1 is 1.10 bits per heavy atom. The molecule has 30 heavy (non-hydrogen) atoms. The lowest BCUT2D eigenvalue weighted by molar-refractivity contribution is -0.384. The fourth-order valence-corrected chi connectivity index (χ4v) is 2.98. The topological polar surface area (TPSA) is 110 Å². The second kappa shape index (κ2) is 8.04. The predicted octanol–water partition coefficient (Wildman–Crippen LogP) is 4.46. The number of H-pyrrole nitrogens is 1. The lowest BCUT2D eigenvalue weighted by Gasteiger charge is -2.08. The SMILES string of the molecule is Cc1ccc2nc(-c3ccc(OCC(=O)Nc4ccc([N+](=O)[O-])cc4)cc3)[nH]c2c1. The first kappa shape index (κ1) is 19.1. The highest BCUT2D eigenvalue weighted by Gasteiger charge is 2.09. The number of nitrogens with one attached hydrogen (secondary N) is 2. The molecule has 1 aromatic heterocycles. The number of aryl methyl sites for hydroxylation is 1. The van der Waals surface area contributed by atoms with Gasteiger partial charge in [0.25, 0.3) is 11.6 Å². The summed E-state index contributed by atoms with van der Waals surface area (Å²) in [5.41, 5.74) is 4.38. The molecule has 8 heteroatoms. The van der Waals surface area contributed by atoms with E-state index in [9.17, 15) is 14.9 Å². The Hall–Kier alpha value is -4.20. The summed E-state index contributed by atoms with van der Waals surface area (Å²) in [6.45, 7) is 1.85. The molecule has 0 radical (unpaired) electrons. The molecule has 3 aromatic carbocycles. The second-order valence-electron chi connectivity index (χ2n) is 6.77. The van der Waals surface area contributed by atoms with Crippen LogP contribution >= 0.6 is 0 Å². The monoisotopic (exact) mass is 402 g/mol. The largest absolute Gasteiger partial charge is 0.484 e. The Kier molecular flexibility index (Phi) is 5.13. The Morgan fingerprint density at radius 2 is 1.83 bits per heavy atom. The van der Waals surface area contributed by atoms with Gasteiger partial charge in [-0.1, -0.05) is 6.07 Å². The Balaban J connectivity index is 1.36. The molecule has 150 valence electrons. The van der Waals surface area contributed by atoms with E-state index in [0.29, 0.717) is 11.4 Å². The van der Waals surface area contributed by atoms with Gasteiger partial charge in [0.1, 0.15) is 11.6 Å². The number of imidazole rings is 1. The number of fused-ring (bicyclic) bond motifs is 1. The fourth-order valence-electron chi connectivity index (χ4n) is 2.98. The maximum Gasteiger partial charge on any atom is 0.269 e. The molecule has 0 fully saturated rings. The number of aromatic nitrogens is 2. The lowest BCUT2D eigenvalue weighted by Crippen LogP contribution is -2.20. The van der Waals surface area contributed by atoms with Crippen molar-refractivity contribution in [3.8, 4) is 17.1 Å². The van der Waals surface area contributed by atoms with E-state index in [1.165, 1.54) is 24.3 Å². The minimum Gasteiger partial charge on any atom is -0.484 e. The Labute approximate surface area is 171 Å². The van der Waals surface area contributed by atoms with Crippen molar-refractivity contribution in [1.29, 1.82) is 0 Å². The summed E-state index contributed by atoms with van der Waals surface area (Å²) >= 11 is 0. The van der Waals surface area contributed by atoms with Crippen LogP contribution in [-0.4, -0.2) is 27.4 Å². The van der Waals surface area contributed by atoms with Crippen molar-refractivity contribution in [2.45, 2.75) is 6.92 Å². The molecule has 0 spiro atoms. The number of non-ortho nitro benzene ring substituents is 1. The van der Waals surface area contributed by atoms with Crippen LogP contribution in [0, 0.1) is 17.0 Å². The van der Waals surface area contributed by atoms with E-state index < -0.39 is 4.92 Å². The zero-order chi connectivity index (χ0) is 21.1. The molecule has 4 rings (SSSR count). The highest BCUT2D eigenvalue weighted by Crippen LogP contribution is 2.23. The number of nitro groups is 1. The number of amides is 1. The van der Waals surface area contributed by atoms with Crippen LogP contribution in [0.3, 0.4) is 0 Å². The Bertz CT molecular complexity index is 1210. The third-order valence-corrected chi connectivity index (χ3v) is 4.50. The molecular weight excluding hydrogens is 384 g/mol. The van der Waals surface area contributed by atoms with Crippen molar-refractivity contribution in [3.63, 3.8) is 0 Å².